The van der Waals surface area contributed by atoms with Crippen LogP contribution in [0.15, 0.2) is 17.3 Å². The van der Waals surface area contributed by atoms with Crippen LogP contribution in [0.5, 0.6) is 5.75 Å². The highest BCUT2D eigenvalue weighted by atomic mass is 16.4. The van der Waals surface area contributed by atoms with Crippen LogP contribution in [0.1, 0.15) is 71.1 Å². The first kappa shape index (κ1) is 16.5. The average Bonchev–Trinajstić information content (AvgIpc) is 2.40. The Bertz CT molecular complexity index is 502. The molecule has 1 aromatic rings. The minimum absolute atomic E-state index is 0.0182. The number of phenols is 1. The van der Waals surface area contributed by atoms with Crippen LogP contribution in [0.25, 0.3) is 0 Å². The van der Waals surface area contributed by atoms with Crippen molar-refractivity contribution in [2.75, 3.05) is 0 Å². The van der Waals surface area contributed by atoms with Crippen molar-refractivity contribution >= 4 is 6.21 Å². The van der Waals surface area contributed by atoms with Crippen LogP contribution in [-0.4, -0.2) is 16.5 Å². The fraction of sp³-hybridized carbons (Fsp3) is 0.588. The molecule has 2 N–H and O–H groups in total. The van der Waals surface area contributed by atoms with Crippen LogP contribution in [0.3, 0.4) is 0 Å². The van der Waals surface area contributed by atoms with E-state index in [9.17, 15) is 5.11 Å². The number of rotatable bonds is 5. The van der Waals surface area contributed by atoms with Gasteiger partial charge in [0.05, 0.1) is 6.21 Å². The van der Waals surface area contributed by atoms with Crippen molar-refractivity contribution in [3.05, 3.63) is 28.8 Å². The van der Waals surface area contributed by atoms with E-state index in [1.54, 1.807) is 0 Å². The highest BCUT2D eigenvalue weighted by molar-refractivity contribution is 5.84. The average molecular weight is 277 g/mol. The number of phenolic OH excluding ortho intramolecular Hbond substituents is 1. The molecule has 1 rings (SSSR count). The fourth-order valence-electron chi connectivity index (χ4n) is 2.12. The van der Waals surface area contributed by atoms with Crippen molar-refractivity contribution in [3.63, 3.8) is 0 Å². The summed E-state index contributed by atoms with van der Waals surface area (Å²) in [6, 6.07) is 4.00. The zero-order valence-corrected chi connectivity index (χ0v) is 13.5. The standard InChI is InChI=1S/C17H27NO2/c1-7-16(3,4)13-9-12(11-18-20)15(19)14(10-13)17(5,6)8-2/h9-11,19-20H,7-8H2,1-6H3/b18-11-. The maximum Gasteiger partial charge on any atom is 0.128 e. The van der Waals surface area contributed by atoms with Gasteiger partial charge in [0, 0.05) is 11.1 Å². The summed E-state index contributed by atoms with van der Waals surface area (Å²) in [4.78, 5) is 0. The number of benzene rings is 1. The van der Waals surface area contributed by atoms with Crippen LogP contribution < -0.4 is 0 Å². The number of oxime groups is 1. The summed E-state index contributed by atoms with van der Waals surface area (Å²) in [6.45, 7) is 12.9. The molecule has 0 saturated heterocycles. The molecule has 0 spiro atoms. The second-order valence-electron chi connectivity index (χ2n) is 6.68. The first-order valence-corrected chi connectivity index (χ1v) is 7.25. The highest BCUT2D eigenvalue weighted by Gasteiger charge is 2.27. The molecule has 112 valence electrons. The Hall–Kier alpha value is -1.51. The van der Waals surface area contributed by atoms with E-state index >= 15 is 0 Å². The Morgan fingerprint density at radius 1 is 1.05 bits per heavy atom. The van der Waals surface area contributed by atoms with Gasteiger partial charge in [-0.05, 0) is 35.3 Å². The second kappa shape index (κ2) is 5.86. The van der Waals surface area contributed by atoms with Gasteiger partial charge in [0.1, 0.15) is 5.75 Å². The molecular weight excluding hydrogens is 250 g/mol. The summed E-state index contributed by atoms with van der Waals surface area (Å²) in [6.07, 6.45) is 3.23. The zero-order valence-electron chi connectivity index (χ0n) is 13.5. The summed E-state index contributed by atoms with van der Waals surface area (Å²) < 4.78 is 0. The van der Waals surface area contributed by atoms with E-state index in [-0.39, 0.29) is 16.6 Å². The smallest absolute Gasteiger partial charge is 0.128 e. The lowest BCUT2D eigenvalue weighted by Crippen LogP contribution is -2.21. The van der Waals surface area contributed by atoms with Crippen molar-refractivity contribution in [3.8, 4) is 5.75 Å². The van der Waals surface area contributed by atoms with Gasteiger partial charge in [-0.25, -0.2) is 0 Å². The molecule has 0 aliphatic rings. The van der Waals surface area contributed by atoms with Crippen LogP contribution in [-0.2, 0) is 10.8 Å². The van der Waals surface area contributed by atoms with Gasteiger partial charge in [-0.3, -0.25) is 0 Å². The summed E-state index contributed by atoms with van der Waals surface area (Å²) in [5.74, 6) is 0.213. The third-order valence-corrected chi connectivity index (χ3v) is 4.61. The fourth-order valence-corrected chi connectivity index (χ4v) is 2.12. The number of nitrogens with zero attached hydrogens (tertiary/aromatic N) is 1. The Morgan fingerprint density at radius 2 is 1.60 bits per heavy atom. The van der Waals surface area contributed by atoms with Gasteiger partial charge in [0.15, 0.2) is 0 Å². The summed E-state index contributed by atoms with van der Waals surface area (Å²) in [5.41, 5.74) is 2.54. The first-order chi connectivity index (χ1) is 9.19. The van der Waals surface area contributed by atoms with Gasteiger partial charge < -0.3 is 10.3 Å². The van der Waals surface area contributed by atoms with Crippen LogP contribution in [0.4, 0.5) is 0 Å². The van der Waals surface area contributed by atoms with Gasteiger partial charge in [0.2, 0.25) is 0 Å². The molecule has 0 bridgehead atoms. The minimum atomic E-state index is -0.123. The lowest BCUT2D eigenvalue weighted by Gasteiger charge is -2.30. The third-order valence-electron chi connectivity index (χ3n) is 4.61. The van der Waals surface area contributed by atoms with Crippen LogP contribution in [0.2, 0.25) is 0 Å². The number of hydrogen-bond donors (Lipinski definition) is 2. The van der Waals surface area contributed by atoms with E-state index in [2.05, 4.69) is 52.8 Å². The van der Waals surface area contributed by atoms with Gasteiger partial charge in [-0.15, -0.1) is 0 Å². The summed E-state index contributed by atoms with van der Waals surface area (Å²) in [5, 5.41) is 22.3. The first-order valence-electron chi connectivity index (χ1n) is 7.25. The Balaban J connectivity index is 3.60. The van der Waals surface area contributed by atoms with Crippen molar-refractivity contribution in [1.82, 2.24) is 0 Å². The molecule has 0 radical (unpaired) electrons. The molecule has 0 atom stereocenters. The SMILES string of the molecule is CCC(C)(C)c1cc(/C=N\O)c(O)c(C(C)(C)CC)c1. The molecule has 0 saturated carbocycles. The maximum absolute atomic E-state index is 10.4. The predicted octanol–water partition coefficient (Wildman–Crippen LogP) is 4.58. The summed E-state index contributed by atoms with van der Waals surface area (Å²) >= 11 is 0. The van der Waals surface area contributed by atoms with Gasteiger partial charge in [0.25, 0.3) is 0 Å². The van der Waals surface area contributed by atoms with Crippen LogP contribution in [0, 0.1) is 0 Å². The van der Waals surface area contributed by atoms with E-state index < -0.39 is 0 Å². The molecule has 3 heteroatoms. The second-order valence-corrected chi connectivity index (χ2v) is 6.68. The molecule has 0 aromatic heterocycles. The molecule has 0 aliphatic heterocycles. The quantitative estimate of drug-likeness (QED) is 0.470. The Kier molecular flexibility index (Phi) is 4.85. The largest absolute Gasteiger partial charge is 0.507 e. The molecule has 0 aliphatic carbocycles. The molecule has 0 unspecified atom stereocenters. The van der Waals surface area contributed by atoms with Crippen LogP contribution >= 0.6 is 0 Å². The van der Waals surface area contributed by atoms with Crippen molar-refractivity contribution < 1.29 is 10.3 Å². The maximum atomic E-state index is 10.4. The summed E-state index contributed by atoms with van der Waals surface area (Å²) in [7, 11) is 0. The van der Waals surface area contributed by atoms with E-state index in [4.69, 9.17) is 5.21 Å². The zero-order chi connectivity index (χ0) is 15.6. The minimum Gasteiger partial charge on any atom is -0.507 e. The van der Waals surface area contributed by atoms with Crippen molar-refractivity contribution in [1.29, 1.82) is 0 Å². The van der Waals surface area contributed by atoms with E-state index in [0.717, 1.165) is 24.0 Å². The topological polar surface area (TPSA) is 52.8 Å². The lowest BCUT2D eigenvalue weighted by atomic mass is 9.75. The Labute approximate surface area is 122 Å². The van der Waals surface area contributed by atoms with Crippen molar-refractivity contribution in [2.45, 2.75) is 65.2 Å². The van der Waals surface area contributed by atoms with Gasteiger partial charge in [-0.2, -0.15) is 0 Å². The predicted molar refractivity (Wildman–Crippen MR) is 84.1 cm³/mol. The van der Waals surface area contributed by atoms with Crippen molar-refractivity contribution in [2.24, 2.45) is 5.16 Å². The molecule has 20 heavy (non-hydrogen) atoms. The normalized spacial score (nSPS) is 13.1. The van der Waals surface area contributed by atoms with E-state index in [0.29, 0.717) is 5.56 Å². The number of aromatic hydroxyl groups is 1. The molecule has 3 nitrogen and oxygen atoms in total. The number of hydrogen-bond acceptors (Lipinski definition) is 3. The molecule has 1 aromatic carbocycles. The Morgan fingerprint density at radius 3 is 2.05 bits per heavy atom. The van der Waals surface area contributed by atoms with Gasteiger partial charge >= 0.3 is 0 Å². The van der Waals surface area contributed by atoms with E-state index in [1.807, 2.05) is 6.07 Å². The highest BCUT2D eigenvalue weighted by Crippen LogP contribution is 2.39. The third kappa shape index (κ3) is 3.14. The monoisotopic (exact) mass is 277 g/mol. The van der Waals surface area contributed by atoms with E-state index in [1.165, 1.54) is 6.21 Å². The molecule has 0 heterocycles. The molecule has 0 fully saturated rings. The molecule has 0 amide bonds. The molecular formula is C17H27NO2. The lowest BCUT2D eigenvalue weighted by molar-refractivity contribution is 0.321. The van der Waals surface area contributed by atoms with Gasteiger partial charge in [-0.1, -0.05) is 52.8 Å².